The molecule has 1 aromatic carbocycles. The largest absolute Gasteiger partial charge is 0.493 e. The number of oxime groups is 1. The minimum Gasteiger partial charge on any atom is -0.493 e. The van der Waals surface area contributed by atoms with Gasteiger partial charge in [-0.1, -0.05) is 5.16 Å². The summed E-state index contributed by atoms with van der Waals surface area (Å²) in [6.07, 6.45) is 1.30. The minimum atomic E-state index is 0.186. The molecule has 0 bridgehead atoms. The summed E-state index contributed by atoms with van der Waals surface area (Å²) in [4.78, 5) is 0. The van der Waals surface area contributed by atoms with Crippen molar-refractivity contribution in [1.29, 1.82) is 0 Å². The number of nitrogens with zero attached hydrogens (tertiary/aromatic N) is 1. The molecule has 0 unspecified atom stereocenters. The Bertz CT molecular complexity index is 375. The maximum Gasteiger partial charge on any atom is 0.231 e. The summed E-state index contributed by atoms with van der Waals surface area (Å²) in [6.45, 7) is 0.186. The van der Waals surface area contributed by atoms with E-state index in [1.165, 1.54) is 13.3 Å². The molecule has 0 atom stereocenters. The molecule has 1 aliphatic heterocycles. The second kappa shape index (κ2) is 3.45. The van der Waals surface area contributed by atoms with Crippen LogP contribution >= 0.6 is 0 Å². The zero-order valence-corrected chi connectivity index (χ0v) is 7.56. The van der Waals surface area contributed by atoms with Gasteiger partial charge in [0.2, 0.25) is 12.5 Å². The van der Waals surface area contributed by atoms with Crippen molar-refractivity contribution in [2.75, 3.05) is 13.9 Å². The molecule has 0 amide bonds. The first-order valence-electron chi connectivity index (χ1n) is 4.00. The lowest BCUT2D eigenvalue weighted by Gasteiger charge is -2.04. The van der Waals surface area contributed by atoms with E-state index in [1.54, 1.807) is 12.1 Å². The summed E-state index contributed by atoms with van der Waals surface area (Å²) in [5.41, 5.74) is 0.689. The maximum absolute atomic E-state index is 8.39. The maximum atomic E-state index is 8.39. The summed E-state index contributed by atoms with van der Waals surface area (Å²) in [6, 6.07) is 3.41. The normalized spacial score (nSPS) is 13.5. The summed E-state index contributed by atoms with van der Waals surface area (Å²) >= 11 is 0. The predicted octanol–water partition coefficient (Wildman–Crippen LogP) is 1.23. The third kappa shape index (κ3) is 1.32. The first kappa shape index (κ1) is 8.68. The molecule has 0 radical (unpaired) electrons. The summed E-state index contributed by atoms with van der Waals surface area (Å²) in [5.74, 6) is 1.75. The van der Waals surface area contributed by atoms with E-state index in [1.807, 2.05) is 0 Å². The monoisotopic (exact) mass is 195 g/mol. The van der Waals surface area contributed by atoms with Crippen molar-refractivity contribution < 1.29 is 19.4 Å². The smallest absolute Gasteiger partial charge is 0.231 e. The molecule has 1 aromatic rings. The van der Waals surface area contributed by atoms with E-state index >= 15 is 0 Å². The lowest BCUT2D eigenvalue weighted by atomic mass is 10.2. The molecule has 0 saturated carbocycles. The fourth-order valence-corrected chi connectivity index (χ4v) is 1.29. The molecule has 0 aliphatic carbocycles. The number of rotatable bonds is 2. The minimum absolute atomic E-state index is 0.186. The van der Waals surface area contributed by atoms with Crippen molar-refractivity contribution in [2.24, 2.45) is 5.16 Å². The van der Waals surface area contributed by atoms with Crippen LogP contribution in [0.5, 0.6) is 17.2 Å². The van der Waals surface area contributed by atoms with Crippen molar-refractivity contribution in [3.63, 3.8) is 0 Å². The van der Waals surface area contributed by atoms with Gasteiger partial charge in [0, 0.05) is 5.56 Å². The number of fused-ring (bicyclic) bond motifs is 1. The van der Waals surface area contributed by atoms with Gasteiger partial charge in [-0.05, 0) is 12.1 Å². The summed E-state index contributed by atoms with van der Waals surface area (Å²) in [7, 11) is 1.54. The predicted molar refractivity (Wildman–Crippen MR) is 48.5 cm³/mol. The highest BCUT2D eigenvalue weighted by atomic mass is 16.7. The van der Waals surface area contributed by atoms with E-state index in [2.05, 4.69) is 5.16 Å². The van der Waals surface area contributed by atoms with Crippen LogP contribution < -0.4 is 14.2 Å². The Kier molecular flexibility index (Phi) is 2.14. The van der Waals surface area contributed by atoms with Gasteiger partial charge >= 0.3 is 0 Å². The van der Waals surface area contributed by atoms with Gasteiger partial charge in [-0.2, -0.15) is 0 Å². The van der Waals surface area contributed by atoms with Crippen LogP contribution in [0.2, 0.25) is 0 Å². The Hall–Kier alpha value is -1.91. The molecule has 2 rings (SSSR count). The average Bonchev–Trinajstić information content (AvgIpc) is 2.65. The van der Waals surface area contributed by atoms with E-state index in [9.17, 15) is 0 Å². The standard InChI is InChI=1S/C9H9NO4/c1-12-7-2-6(4-10-11)3-8-9(7)14-5-13-8/h2-4,11H,5H2,1H3/b10-4+. The van der Waals surface area contributed by atoms with Crippen LogP contribution in [0.3, 0.4) is 0 Å². The molecule has 14 heavy (non-hydrogen) atoms. The molecule has 5 nitrogen and oxygen atoms in total. The van der Waals surface area contributed by atoms with Crippen LogP contribution in [0, 0.1) is 0 Å². The summed E-state index contributed by atoms with van der Waals surface area (Å²) in [5, 5.41) is 11.3. The molecule has 1 N–H and O–H groups in total. The molecule has 1 heterocycles. The van der Waals surface area contributed by atoms with Gasteiger partial charge in [-0.15, -0.1) is 0 Å². The number of ether oxygens (including phenoxy) is 3. The van der Waals surface area contributed by atoms with Crippen LogP contribution in [-0.4, -0.2) is 25.3 Å². The highest BCUT2D eigenvalue weighted by molar-refractivity contribution is 5.82. The van der Waals surface area contributed by atoms with Gasteiger partial charge in [0.05, 0.1) is 13.3 Å². The Morgan fingerprint density at radius 3 is 3.07 bits per heavy atom. The van der Waals surface area contributed by atoms with Gasteiger partial charge in [0.25, 0.3) is 0 Å². The molecular formula is C9H9NO4. The first-order valence-corrected chi connectivity index (χ1v) is 4.00. The van der Waals surface area contributed by atoms with Crippen molar-refractivity contribution >= 4 is 6.21 Å². The molecule has 1 aliphatic rings. The Morgan fingerprint density at radius 1 is 1.50 bits per heavy atom. The number of hydrogen-bond donors (Lipinski definition) is 1. The van der Waals surface area contributed by atoms with Crippen molar-refractivity contribution in [1.82, 2.24) is 0 Å². The quantitative estimate of drug-likeness (QED) is 0.438. The molecule has 0 saturated heterocycles. The second-order valence-corrected chi connectivity index (χ2v) is 2.70. The highest BCUT2D eigenvalue weighted by Gasteiger charge is 2.19. The number of methoxy groups -OCH3 is 1. The fraction of sp³-hybridized carbons (Fsp3) is 0.222. The van der Waals surface area contributed by atoms with Crippen molar-refractivity contribution in [3.8, 4) is 17.2 Å². The highest BCUT2D eigenvalue weighted by Crippen LogP contribution is 2.41. The van der Waals surface area contributed by atoms with Gasteiger partial charge in [-0.25, -0.2) is 0 Å². The van der Waals surface area contributed by atoms with E-state index < -0.39 is 0 Å². The number of benzene rings is 1. The molecule has 0 aromatic heterocycles. The third-order valence-electron chi connectivity index (χ3n) is 1.89. The van der Waals surface area contributed by atoms with Crippen molar-refractivity contribution in [3.05, 3.63) is 17.7 Å². The topological polar surface area (TPSA) is 60.3 Å². The van der Waals surface area contributed by atoms with E-state index in [-0.39, 0.29) is 6.79 Å². The van der Waals surface area contributed by atoms with Gasteiger partial charge in [0.1, 0.15) is 0 Å². The Balaban J connectivity index is 2.49. The van der Waals surface area contributed by atoms with Gasteiger partial charge < -0.3 is 19.4 Å². The molecule has 74 valence electrons. The van der Waals surface area contributed by atoms with Crippen LogP contribution in [0.25, 0.3) is 0 Å². The molecule has 5 heteroatoms. The SMILES string of the molecule is COc1cc(/C=N/O)cc2c1OCO2. The Labute approximate surface area is 80.5 Å². The van der Waals surface area contributed by atoms with Crippen LogP contribution in [0.15, 0.2) is 17.3 Å². The lowest BCUT2D eigenvalue weighted by Crippen LogP contribution is -1.93. The average molecular weight is 195 g/mol. The van der Waals surface area contributed by atoms with Crippen LogP contribution in [-0.2, 0) is 0 Å². The number of hydrogen-bond acceptors (Lipinski definition) is 5. The molecule has 0 fully saturated rings. The molecule has 0 spiro atoms. The lowest BCUT2D eigenvalue weighted by molar-refractivity contribution is 0.171. The zero-order chi connectivity index (χ0) is 9.97. The van der Waals surface area contributed by atoms with Crippen molar-refractivity contribution in [2.45, 2.75) is 0 Å². The third-order valence-corrected chi connectivity index (χ3v) is 1.89. The zero-order valence-electron chi connectivity index (χ0n) is 7.56. The molecular weight excluding hydrogens is 186 g/mol. The summed E-state index contributed by atoms with van der Waals surface area (Å²) < 4.78 is 15.5. The second-order valence-electron chi connectivity index (χ2n) is 2.70. The van der Waals surface area contributed by atoms with E-state index in [4.69, 9.17) is 19.4 Å². The van der Waals surface area contributed by atoms with E-state index in [0.717, 1.165) is 0 Å². The van der Waals surface area contributed by atoms with Crippen LogP contribution in [0.4, 0.5) is 0 Å². The van der Waals surface area contributed by atoms with Gasteiger partial charge in [-0.3, -0.25) is 0 Å². The van der Waals surface area contributed by atoms with Gasteiger partial charge in [0.15, 0.2) is 11.5 Å². The first-order chi connectivity index (χ1) is 6.85. The fourth-order valence-electron chi connectivity index (χ4n) is 1.29. The Morgan fingerprint density at radius 2 is 2.36 bits per heavy atom. The van der Waals surface area contributed by atoms with Crippen LogP contribution in [0.1, 0.15) is 5.56 Å². The van der Waals surface area contributed by atoms with E-state index in [0.29, 0.717) is 22.8 Å².